The minimum Gasteiger partial charge on any atom is -0.457 e. The van der Waals surface area contributed by atoms with Crippen molar-refractivity contribution in [1.82, 2.24) is 0 Å². The summed E-state index contributed by atoms with van der Waals surface area (Å²) in [5.41, 5.74) is 8.04. The molecule has 2 rings (SSSR count). The Kier molecular flexibility index (Phi) is 6.11. The van der Waals surface area contributed by atoms with Crippen LogP contribution in [-0.2, 0) is 17.9 Å². The van der Waals surface area contributed by atoms with Crippen LogP contribution in [0.15, 0.2) is 47.4 Å². The first kappa shape index (κ1) is 15.9. The van der Waals surface area contributed by atoms with Crippen LogP contribution in [0.1, 0.15) is 18.1 Å². The van der Waals surface area contributed by atoms with Gasteiger partial charge in [-0.25, -0.2) is 0 Å². The normalized spacial score (nSPS) is 10.6. The van der Waals surface area contributed by atoms with Crippen molar-refractivity contribution in [1.29, 1.82) is 0 Å². The van der Waals surface area contributed by atoms with Gasteiger partial charge in [-0.1, -0.05) is 25.1 Å². The lowest BCUT2D eigenvalue weighted by atomic mass is 10.2. The van der Waals surface area contributed by atoms with Crippen LogP contribution in [0, 0.1) is 0 Å². The average molecular weight is 303 g/mol. The molecule has 2 aromatic carbocycles. The number of nitrogens with two attached hydrogens (primary N) is 1. The molecule has 0 atom stereocenters. The molecule has 0 aromatic heterocycles. The van der Waals surface area contributed by atoms with Gasteiger partial charge in [0.1, 0.15) is 11.5 Å². The van der Waals surface area contributed by atoms with E-state index >= 15 is 0 Å². The first-order chi connectivity index (χ1) is 10.3. The highest BCUT2D eigenvalue weighted by Crippen LogP contribution is 2.32. The fraction of sp³-hybridized carbons (Fsp3) is 0.294. The number of rotatable bonds is 7. The Morgan fingerprint density at radius 3 is 2.67 bits per heavy atom. The molecule has 0 spiro atoms. The predicted molar refractivity (Wildman–Crippen MR) is 88.0 cm³/mol. The van der Waals surface area contributed by atoms with E-state index in [0.717, 1.165) is 28.4 Å². The van der Waals surface area contributed by atoms with E-state index in [2.05, 4.69) is 13.0 Å². The van der Waals surface area contributed by atoms with Crippen LogP contribution in [0.25, 0.3) is 0 Å². The van der Waals surface area contributed by atoms with Gasteiger partial charge in [0.05, 0.1) is 6.61 Å². The van der Waals surface area contributed by atoms with Crippen LogP contribution in [0.5, 0.6) is 11.5 Å². The van der Waals surface area contributed by atoms with Crippen molar-refractivity contribution in [3.05, 3.63) is 53.6 Å². The van der Waals surface area contributed by atoms with Gasteiger partial charge >= 0.3 is 0 Å². The van der Waals surface area contributed by atoms with E-state index in [1.165, 1.54) is 4.90 Å². The highest BCUT2D eigenvalue weighted by molar-refractivity contribution is 7.99. The SMILES string of the molecule is CCSc1cccc(Oc2cccc(COC)c2)c1CN. The smallest absolute Gasteiger partial charge is 0.133 e. The van der Waals surface area contributed by atoms with Gasteiger partial charge in [-0.05, 0) is 35.6 Å². The average Bonchev–Trinajstić information content (AvgIpc) is 2.49. The van der Waals surface area contributed by atoms with Crippen LogP contribution in [0.3, 0.4) is 0 Å². The van der Waals surface area contributed by atoms with E-state index < -0.39 is 0 Å². The van der Waals surface area contributed by atoms with Gasteiger partial charge in [-0.2, -0.15) is 0 Å². The fourth-order valence-electron chi connectivity index (χ4n) is 2.13. The maximum absolute atomic E-state index is 6.03. The number of thioether (sulfide) groups is 1. The maximum Gasteiger partial charge on any atom is 0.133 e. The monoisotopic (exact) mass is 303 g/mol. The first-order valence-corrected chi connectivity index (χ1v) is 7.97. The molecule has 0 unspecified atom stereocenters. The van der Waals surface area contributed by atoms with Crippen molar-refractivity contribution < 1.29 is 9.47 Å². The van der Waals surface area contributed by atoms with Gasteiger partial charge in [0.2, 0.25) is 0 Å². The van der Waals surface area contributed by atoms with Gasteiger partial charge < -0.3 is 15.2 Å². The van der Waals surface area contributed by atoms with Crippen LogP contribution >= 0.6 is 11.8 Å². The lowest BCUT2D eigenvalue weighted by molar-refractivity contribution is 0.184. The highest BCUT2D eigenvalue weighted by Gasteiger charge is 2.09. The molecule has 3 nitrogen and oxygen atoms in total. The first-order valence-electron chi connectivity index (χ1n) is 6.99. The molecule has 2 aromatic rings. The molecule has 0 aliphatic rings. The molecule has 0 heterocycles. The largest absolute Gasteiger partial charge is 0.457 e. The zero-order chi connectivity index (χ0) is 15.1. The number of hydrogen-bond donors (Lipinski definition) is 1. The van der Waals surface area contributed by atoms with E-state index in [-0.39, 0.29) is 0 Å². The Labute approximate surface area is 130 Å². The Morgan fingerprint density at radius 1 is 1.14 bits per heavy atom. The number of ether oxygens (including phenoxy) is 2. The van der Waals surface area contributed by atoms with E-state index in [1.54, 1.807) is 18.9 Å². The van der Waals surface area contributed by atoms with Crippen molar-refractivity contribution in [2.75, 3.05) is 12.9 Å². The fourth-order valence-corrected chi connectivity index (χ4v) is 2.97. The van der Waals surface area contributed by atoms with E-state index in [1.807, 2.05) is 36.4 Å². The summed E-state index contributed by atoms with van der Waals surface area (Å²) in [4.78, 5) is 1.19. The lowest BCUT2D eigenvalue weighted by Crippen LogP contribution is -2.02. The molecular weight excluding hydrogens is 282 g/mol. The van der Waals surface area contributed by atoms with Crippen LogP contribution in [0.4, 0.5) is 0 Å². The Morgan fingerprint density at radius 2 is 1.95 bits per heavy atom. The molecule has 0 fully saturated rings. The summed E-state index contributed by atoms with van der Waals surface area (Å²) in [5.74, 6) is 2.64. The molecule has 21 heavy (non-hydrogen) atoms. The Hall–Kier alpha value is -1.49. The second-order valence-corrected chi connectivity index (χ2v) is 5.86. The van der Waals surface area contributed by atoms with Crippen molar-refractivity contribution in [2.24, 2.45) is 5.73 Å². The zero-order valence-electron chi connectivity index (χ0n) is 12.5. The summed E-state index contributed by atoms with van der Waals surface area (Å²) < 4.78 is 11.2. The zero-order valence-corrected chi connectivity index (χ0v) is 13.3. The third-order valence-corrected chi connectivity index (χ3v) is 4.01. The second-order valence-electron chi connectivity index (χ2n) is 4.55. The minimum absolute atomic E-state index is 0.469. The molecule has 2 N–H and O–H groups in total. The van der Waals surface area contributed by atoms with Gasteiger partial charge in [-0.3, -0.25) is 0 Å². The summed E-state index contributed by atoms with van der Waals surface area (Å²) >= 11 is 1.78. The third kappa shape index (κ3) is 4.24. The van der Waals surface area contributed by atoms with Crippen molar-refractivity contribution in [3.8, 4) is 11.5 Å². The maximum atomic E-state index is 6.03. The van der Waals surface area contributed by atoms with Crippen molar-refractivity contribution in [2.45, 2.75) is 25.0 Å². The standard InChI is InChI=1S/C17H21NO2S/c1-3-21-17-9-5-8-16(15(17)11-18)20-14-7-4-6-13(10-14)12-19-2/h4-10H,3,11-12,18H2,1-2H3. The molecule has 0 amide bonds. The van der Waals surface area contributed by atoms with E-state index in [0.29, 0.717) is 13.2 Å². The van der Waals surface area contributed by atoms with Gasteiger partial charge in [0.15, 0.2) is 0 Å². The summed E-state index contributed by atoms with van der Waals surface area (Å²) in [6.45, 7) is 3.18. The molecule has 0 saturated carbocycles. The third-order valence-electron chi connectivity index (χ3n) is 3.03. The summed E-state index contributed by atoms with van der Waals surface area (Å²) in [5, 5.41) is 0. The van der Waals surface area contributed by atoms with Crippen molar-refractivity contribution in [3.63, 3.8) is 0 Å². The molecular formula is C17H21NO2S. The predicted octanol–water partition coefficient (Wildman–Crippen LogP) is 4.20. The van der Waals surface area contributed by atoms with Crippen molar-refractivity contribution >= 4 is 11.8 Å². The summed E-state index contributed by atoms with van der Waals surface area (Å²) in [6.07, 6.45) is 0. The van der Waals surface area contributed by atoms with Crippen LogP contribution in [0.2, 0.25) is 0 Å². The topological polar surface area (TPSA) is 44.5 Å². The summed E-state index contributed by atoms with van der Waals surface area (Å²) in [7, 11) is 1.69. The highest BCUT2D eigenvalue weighted by atomic mass is 32.2. The second kappa shape index (κ2) is 8.08. The quantitative estimate of drug-likeness (QED) is 0.779. The van der Waals surface area contributed by atoms with E-state index in [9.17, 15) is 0 Å². The van der Waals surface area contributed by atoms with E-state index in [4.69, 9.17) is 15.2 Å². The molecule has 0 aliphatic heterocycles. The number of hydrogen-bond acceptors (Lipinski definition) is 4. The van der Waals surface area contributed by atoms with Gasteiger partial charge in [0, 0.05) is 24.1 Å². The minimum atomic E-state index is 0.469. The van der Waals surface area contributed by atoms with Gasteiger partial charge in [0.25, 0.3) is 0 Å². The summed E-state index contributed by atoms with van der Waals surface area (Å²) in [6, 6.07) is 14.0. The number of methoxy groups -OCH3 is 1. The lowest BCUT2D eigenvalue weighted by Gasteiger charge is -2.14. The molecule has 0 saturated heterocycles. The molecule has 0 bridgehead atoms. The molecule has 112 valence electrons. The van der Waals surface area contributed by atoms with Crippen LogP contribution < -0.4 is 10.5 Å². The van der Waals surface area contributed by atoms with Gasteiger partial charge in [-0.15, -0.1) is 11.8 Å². The molecule has 4 heteroatoms. The van der Waals surface area contributed by atoms with Crippen LogP contribution in [-0.4, -0.2) is 12.9 Å². The molecule has 0 radical (unpaired) electrons. The Bertz CT molecular complexity index is 587. The Balaban J connectivity index is 2.26. The number of benzene rings is 2. The molecule has 0 aliphatic carbocycles.